The molecule has 3 heterocycles. The van der Waals surface area contributed by atoms with Gasteiger partial charge in [0.15, 0.2) is 0 Å². The van der Waals surface area contributed by atoms with E-state index in [4.69, 9.17) is 0 Å². The number of hydrogen-bond donors (Lipinski definition) is 2. The summed E-state index contributed by atoms with van der Waals surface area (Å²) in [7, 11) is 0. The molecule has 1 aromatic carbocycles. The molecule has 5 nitrogen and oxygen atoms in total. The van der Waals surface area contributed by atoms with Crippen LogP contribution in [0.3, 0.4) is 0 Å². The Balaban J connectivity index is 1.82. The van der Waals surface area contributed by atoms with E-state index in [-0.39, 0.29) is 6.04 Å². The number of pyridine rings is 2. The summed E-state index contributed by atoms with van der Waals surface area (Å²) in [6.07, 6.45) is 1.86. The van der Waals surface area contributed by atoms with Crippen molar-refractivity contribution in [2.75, 3.05) is 0 Å². The number of nitrogens with one attached hydrogen (secondary N) is 2. The molecule has 0 bridgehead atoms. The second kappa shape index (κ2) is 7.66. The van der Waals surface area contributed by atoms with Crippen molar-refractivity contribution in [3.05, 3.63) is 99.7 Å². The number of halogens is 4. The minimum atomic E-state index is -2.97. The lowest BCUT2D eigenvalue weighted by Gasteiger charge is -2.34. The van der Waals surface area contributed by atoms with E-state index in [2.05, 4.69) is 15.6 Å². The third-order valence-electron chi connectivity index (χ3n) is 5.43. The average molecular weight is 418 g/mol. The third-order valence-corrected chi connectivity index (χ3v) is 5.43. The topological polar surface area (TPSA) is 59.0 Å². The molecule has 0 saturated carbocycles. The maximum Gasteiger partial charge on any atom is 0.321 e. The van der Waals surface area contributed by atoms with Crippen LogP contribution < -0.4 is 16.2 Å². The van der Waals surface area contributed by atoms with Gasteiger partial charge in [0.1, 0.15) is 5.82 Å². The molecule has 9 heteroatoms. The van der Waals surface area contributed by atoms with Crippen molar-refractivity contribution in [3.8, 4) is 0 Å². The maximum absolute atomic E-state index is 13.5. The first-order valence-corrected chi connectivity index (χ1v) is 9.23. The van der Waals surface area contributed by atoms with Crippen LogP contribution in [0, 0.1) is 11.8 Å². The predicted molar refractivity (Wildman–Crippen MR) is 102 cm³/mol. The molecule has 0 radical (unpaired) electrons. The van der Waals surface area contributed by atoms with E-state index in [9.17, 15) is 22.4 Å². The van der Waals surface area contributed by atoms with Gasteiger partial charge in [-0.2, -0.15) is 13.2 Å². The van der Waals surface area contributed by atoms with E-state index in [1.807, 2.05) is 6.92 Å². The molecular formula is C21H18F4N4O. The van der Waals surface area contributed by atoms with E-state index in [1.54, 1.807) is 18.2 Å². The van der Waals surface area contributed by atoms with Crippen molar-refractivity contribution in [2.45, 2.75) is 31.2 Å². The largest absolute Gasteiger partial charge is 0.321 e. The van der Waals surface area contributed by atoms with Crippen LogP contribution in [-0.2, 0) is 5.54 Å². The Labute approximate surface area is 169 Å². The molecule has 0 aliphatic carbocycles. The first kappa shape index (κ1) is 20.2. The summed E-state index contributed by atoms with van der Waals surface area (Å²) in [5.41, 5.74) is -0.0551. The van der Waals surface area contributed by atoms with E-state index in [0.717, 1.165) is 12.3 Å². The Bertz CT molecular complexity index is 1050. The van der Waals surface area contributed by atoms with E-state index >= 15 is 0 Å². The van der Waals surface area contributed by atoms with Gasteiger partial charge < -0.3 is 0 Å². The van der Waals surface area contributed by atoms with Gasteiger partial charge in [-0.1, -0.05) is 18.2 Å². The molecular weight excluding hydrogens is 400 g/mol. The van der Waals surface area contributed by atoms with Crippen molar-refractivity contribution in [1.82, 2.24) is 20.2 Å². The summed E-state index contributed by atoms with van der Waals surface area (Å²) >= 11 is 0. The Kier molecular flexibility index (Phi) is 5.17. The first-order valence-electron chi connectivity index (χ1n) is 9.23. The van der Waals surface area contributed by atoms with Gasteiger partial charge in [-0.15, -0.1) is 0 Å². The Morgan fingerprint density at radius 3 is 2.37 bits per heavy atom. The highest BCUT2D eigenvalue weighted by Crippen LogP contribution is 2.40. The lowest BCUT2D eigenvalue weighted by molar-refractivity contribution is 0.0659. The molecule has 1 aliphatic heterocycles. The summed E-state index contributed by atoms with van der Waals surface area (Å²) in [4.78, 5) is 15.4. The quantitative estimate of drug-likeness (QED) is 0.504. The van der Waals surface area contributed by atoms with Gasteiger partial charge in [-0.3, -0.25) is 20.0 Å². The molecule has 4 rings (SSSR count). The highest BCUT2D eigenvalue weighted by atomic mass is 19.3. The standard InChI is InChI=1S/C21H18F4N4O/c1-12-21(14-3-6-16(22)7-4-14,15-5-8-17(23)26-10-15)28-19(27-12)13-2-9-18(30)29(11-13)20(24)25/h2-12,19-20,27-28H,1H3/t12-,19?,21?/m0/s1. The Morgan fingerprint density at radius 1 is 1.03 bits per heavy atom. The monoisotopic (exact) mass is 418 g/mol. The van der Waals surface area contributed by atoms with Gasteiger partial charge in [0, 0.05) is 30.1 Å². The zero-order valence-electron chi connectivity index (χ0n) is 15.8. The highest BCUT2D eigenvalue weighted by Gasteiger charge is 2.47. The maximum atomic E-state index is 13.5. The van der Waals surface area contributed by atoms with Crippen molar-refractivity contribution in [1.29, 1.82) is 0 Å². The number of benzene rings is 1. The number of alkyl halides is 2. The van der Waals surface area contributed by atoms with E-state index < -0.39 is 35.6 Å². The lowest BCUT2D eigenvalue weighted by atomic mass is 9.79. The van der Waals surface area contributed by atoms with Crippen LogP contribution in [0.5, 0.6) is 0 Å². The molecule has 3 aromatic rings. The van der Waals surface area contributed by atoms with Crippen LogP contribution in [0.15, 0.2) is 65.7 Å². The normalized spacial score (nSPS) is 23.8. The third kappa shape index (κ3) is 3.40. The zero-order valence-corrected chi connectivity index (χ0v) is 15.8. The zero-order chi connectivity index (χ0) is 21.5. The number of aromatic nitrogens is 2. The van der Waals surface area contributed by atoms with Crippen molar-refractivity contribution < 1.29 is 17.6 Å². The molecule has 0 amide bonds. The van der Waals surface area contributed by atoms with Gasteiger partial charge >= 0.3 is 6.55 Å². The molecule has 2 unspecified atom stereocenters. The first-order chi connectivity index (χ1) is 14.3. The molecule has 1 fully saturated rings. The molecule has 156 valence electrons. The van der Waals surface area contributed by atoms with E-state index in [1.165, 1.54) is 30.5 Å². The molecule has 1 aliphatic rings. The fourth-order valence-corrected chi connectivity index (χ4v) is 3.95. The molecule has 3 atom stereocenters. The van der Waals surface area contributed by atoms with Crippen LogP contribution in [0.1, 0.15) is 36.3 Å². The van der Waals surface area contributed by atoms with Crippen LogP contribution in [0.2, 0.25) is 0 Å². The molecule has 2 N–H and O–H groups in total. The summed E-state index contributed by atoms with van der Waals surface area (Å²) < 4.78 is 53.7. The van der Waals surface area contributed by atoms with Crippen LogP contribution in [-0.4, -0.2) is 15.6 Å². The number of nitrogens with zero attached hydrogens (tertiary/aromatic N) is 2. The van der Waals surface area contributed by atoms with Crippen LogP contribution >= 0.6 is 0 Å². The SMILES string of the molecule is C[C@@H]1NC(c2ccc(=O)n(C(F)F)c2)NC1(c1ccc(F)cc1)c1ccc(F)nc1. The fraction of sp³-hybridized carbons (Fsp3) is 0.238. The van der Waals surface area contributed by atoms with Gasteiger partial charge in [0.25, 0.3) is 5.56 Å². The molecule has 30 heavy (non-hydrogen) atoms. The summed E-state index contributed by atoms with van der Waals surface area (Å²) in [5.74, 6) is -1.06. The van der Waals surface area contributed by atoms with Crippen LogP contribution in [0.4, 0.5) is 17.6 Å². The van der Waals surface area contributed by atoms with Gasteiger partial charge in [0.05, 0.1) is 11.7 Å². The molecule has 1 saturated heterocycles. The predicted octanol–water partition coefficient (Wildman–Crippen LogP) is 3.44. The minimum absolute atomic E-state index is 0.327. The minimum Gasteiger partial charge on any atom is -0.293 e. The second-order valence-corrected chi connectivity index (χ2v) is 7.14. The van der Waals surface area contributed by atoms with Gasteiger partial charge in [0.2, 0.25) is 5.95 Å². The van der Waals surface area contributed by atoms with Crippen LogP contribution in [0.25, 0.3) is 0 Å². The number of hydrogen-bond acceptors (Lipinski definition) is 4. The Morgan fingerprint density at radius 2 is 1.73 bits per heavy atom. The Hall–Kier alpha value is -3.04. The second-order valence-electron chi connectivity index (χ2n) is 7.14. The van der Waals surface area contributed by atoms with Crippen molar-refractivity contribution in [3.63, 3.8) is 0 Å². The van der Waals surface area contributed by atoms with Gasteiger partial charge in [-0.25, -0.2) is 9.37 Å². The van der Waals surface area contributed by atoms with Crippen molar-refractivity contribution >= 4 is 0 Å². The number of rotatable bonds is 4. The van der Waals surface area contributed by atoms with Crippen molar-refractivity contribution in [2.24, 2.45) is 0 Å². The molecule has 2 aromatic heterocycles. The fourth-order valence-electron chi connectivity index (χ4n) is 3.95. The summed E-state index contributed by atoms with van der Waals surface area (Å²) in [6.45, 7) is -1.11. The molecule has 0 spiro atoms. The lowest BCUT2D eigenvalue weighted by Crippen LogP contribution is -2.46. The average Bonchev–Trinajstić information content (AvgIpc) is 3.07. The van der Waals surface area contributed by atoms with Gasteiger partial charge in [-0.05, 0) is 42.3 Å². The summed E-state index contributed by atoms with van der Waals surface area (Å²) in [6, 6.07) is 10.8. The summed E-state index contributed by atoms with van der Waals surface area (Å²) in [5, 5.41) is 6.66. The van der Waals surface area contributed by atoms with E-state index in [0.29, 0.717) is 21.3 Å². The smallest absolute Gasteiger partial charge is 0.293 e. The highest BCUT2D eigenvalue weighted by molar-refractivity contribution is 5.42.